The molecule has 0 aliphatic heterocycles. The third kappa shape index (κ3) is 5.35. The molecule has 0 saturated carbocycles. The first kappa shape index (κ1) is 20.0. The minimum Gasteiger partial charge on any atom is -0.272 e. The van der Waals surface area contributed by atoms with Crippen molar-refractivity contribution in [2.45, 2.75) is 11.8 Å². The highest BCUT2D eigenvalue weighted by Gasteiger charge is 2.14. The predicted octanol–water partition coefficient (Wildman–Crippen LogP) is 3.76. The second-order valence-electron chi connectivity index (χ2n) is 5.12. The molecule has 0 spiro atoms. The number of hydrazine groups is 1. The normalized spacial score (nSPS) is 10.3. The summed E-state index contributed by atoms with van der Waals surface area (Å²) in [5.74, 6) is -1.01. The maximum absolute atomic E-state index is 12.0. The quantitative estimate of drug-likeness (QED) is 0.441. The molecule has 0 atom stereocenters. The van der Waals surface area contributed by atoms with E-state index in [4.69, 9.17) is 23.2 Å². The molecule has 0 radical (unpaired) electrons. The van der Waals surface area contributed by atoms with Gasteiger partial charge in [-0.05, 0) is 37.3 Å². The van der Waals surface area contributed by atoms with Crippen LogP contribution in [0.4, 0.5) is 5.69 Å². The molecule has 0 aliphatic carbocycles. The van der Waals surface area contributed by atoms with Crippen LogP contribution in [0.2, 0.25) is 10.0 Å². The SMILES string of the molecule is Cc1cc(C(=O)NNC(=O)CSc2cc(Cl)ccc2Cl)ccc1[N+](=O)[O-]. The van der Waals surface area contributed by atoms with Crippen LogP contribution in [0.15, 0.2) is 41.3 Å². The Hall–Kier alpha value is -2.29. The summed E-state index contributed by atoms with van der Waals surface area (Å²) >= 11 is 13.1. The molecule has 0 heterocycles. The zero-order valence-corrected chi connectivity index (χ0v) is 15.7. The van der Waals surface area contributed by atoms with E-state index in [-0.39, 0.29) is 17.0 Å². The first-order valence-electron chi connectivity index (χ1n) is 7.20. The lowest BCUT2D eigenvalue weighted by Gasteiger charge is -2.08. The van der Waals surface area contributed by atoms with Gasteiger partial charge in [0, 0.05) is 27.1 Å². The molecular weight excluding hydrogens is 401 g/mol. The molecule has 2 amide bonds. The lowest BCUT2D eigenvalue weighted by Crippen LogP contribution is -2.42. The molecule has 7 nitrogen and oxygen atoms in total. The molecule has 0 bridgehead atoms. The fraction of sp³-hybridized carbons (Fsp3) is 0.125. The smallest absolute Gasteiger partial charge is 0.272 e. The van der Waals surface area contributed by atoms with Crippen molar-refractivity contribution < 1.29 is 14.5 Å². The molecule has 0 unspecified atom stereocenters. The Bertz CT molecular complexity index is 877. The van der Waals surface area contributed by atoms with E-state index >= 15 is 0 Å². The number of halogens is 2. The van der Waals surface area contributed by atoms with Crippen LogP contribution < -0.4 is 10.9 Å². The standard InChI is InChI=1S/C16H13Cl2N3O4S/c1-9-6-10(2-5-13(9)21(24)25)16(23)20-19-15(22)8-26-14-7-11(17)3-4-12(14)18/h2-7H,8H2,1H3,(H,19,22)(H,20,23). The summed E-state index contributed by atoms with van der Waals surface area (Å²) in [5.41, 5.74) is 4.99. The van der Waals surface area contributed by atoms with Gasteiger partial charge in [0.2, 0.25) is 5.91 Å². The third-order valence-electron chi connectivity index (χ3n) is 3.22. The van der Waals surface area contributed by atoms with E-state index in [1.165, 1.54) is 36.9 Å². The van der Waals surface area contributed by atoms with E-state index in [1.807, 2.05) is 0 Å². The number of nitro benzene ring substituents is 1. The minimum absolute atomic E-state index is 0.0135. The zero-order chi connectivity index (χ0) is 19.3. The van der Waals surface area contributed by atoms with Gasteiger partial charge in [0.05, 0.1) is 15.7 Å². The molecular formula is C16H13Cl2N3O4S. The number of nitrogens with one attached hydrogen (secondary N) is 2. The average Bonchev–Trinajstić information content (AvgIpc) is 2.59. The van der Waals surface area contributed by atoms with Crippen LogP contribution in [-0.4, -0.2) is 22.5 Å². The molecule has 26 heavy (non-hydrogen) atoms. The Morgan fingerprint density at radius 3 is 2.54 bits per heavy atom. The number of carbonyl (C=O) groups excluding carboxylic acids is 2. The largest absolute Gasteiger partial charge is 0.272 e. The van der Waals surface area contributed by atoms with Gasteiger partial charge in [-0.15, -0.1) is 11.8 Å². The maximum Gasteiger partial charge on any atom is 0.272 e. The van der Waals surface area contributed by atoms with Crippen molar-refractivity contribution >= 4 is 52.5 Å². The second kappa shape index (κ2) is 8.88. The summed E-state index contributed by atoms with van der Waals surface area (Å²) in [6.45, 7) is 1.53. The molecule has 2 N–H and O–H groups in total. The minimum atomic E-state index is -0.581. The first-order valence-corrected chi connectivity index (χ1v) is 8.94. The summed E-state index contributed by atoms with van der Waals surface area (Å²) in [5, 5.41) is 11.7. The number of aryl methyl sites for hydroxylation is 1. The number of benzene rings is 2. The molecule has 0 saturated heterocycles. The summed E-state index contributed by atoms with van der Waals surface area (Å²) < 4.78 is 0. The molecule has 2 rings (SSSR count). The lowest BCUT2D eigenvalue weighted by molar-refractivity contribution is -0.385. The van der Waals surface area contributed by atoms with Crippen LogP contribution >= 0.6 is 35.0 Å². The van der Waals surface area contributed by atoms with Crippen LogP contribution in [0, 0.1) is 17.0 Å². The van der Waals surface area contributed by atoms with Gasteiger partial charge in [-0.2, -0.15) is 0 Å². The van der Waals surface area contributed by atoms with Crippen LogP contribution in [0.5, 0.6) is 0 Å². The van der Waals surface area contributed by atoms with Gasteiger partial charge in [0.1, 0.15) is 0 Å². The molecule has 2 aromatic carbocycles. The number of hydrogen-bond acceptors (Lipinski definition) is 5. The van der Waals surface area contributed by atoms with Gasteiger partial charge in [-0.3, -0.25) is 30.6 Å². The maximum atomic E-state index is 12.0. The van der Waals surface area contributed by atoms with Crippen molar-refractivity contribution in [2.75, 3.05) is 5.75 Å². The Kier molecular flexibility index (Phi) is 6.84. The monoisotopic (exact) mass is 413 g/mol. The van der Waals surface area contributed by atoms with Gasteiger partial charge in [0.25, 0.3) is 11.6 Å². The lowest BCUT2D eigenvalue weighted by atomic mass is 10.1. The van der Waals surface area contributed by atoms with E-state index < -0.39 is 16.7 Å². The van der Waals surface area contributed by atoms with Crippen molar-refractivity contribution in [3.63, 3.8) is 0 Å². The molecule has 136 valence electrons. The number of amides is 2. The molecule has 0 aliphatic rings. The third-order valence-corrected chi connectivity index (χ3v) is 4.96. The second-order valence-corrected chi connectivity index (χ2v) is 6.98. The van der Waals surface area contributed by atoms with Gasteiger partial charge < -0.3 is 0 Å². The van der Waals surface area contributed by atoms with E-state index in [1.54, 1.807) is 18.2 Å². The van der Waals surface area contributed by atoms with Crippen LogP contribution in [-0.2, 0) is 4.79 Å². The fourth-order valence-electron chi connectivity index (χ4n) is 1.97. The van der Waals surface area contributed by atoms with E-state index in [0.29, 0.717) is 20.5 Å². The van der Waals surface area contributed by atoms with Crippen molar-refractivity contribution in [1.82, 2.24) is 10.9 Å². The average molecular weight is 414 g/mol. The van der Waals surface area contributed by atoms with E-state index in [2.05, 4.69) is 10.9 Å². The van der Waals surface area contributed by atoms with Gasteiger partial charge in [-0.25, -0.2) is 0 Å². The Morgan fingerprint density at radius 2 is 1.88 bits per heavy atom. The summed E-state index contributed by atoms with van der Waals surface area (Å²) in [6.07, 6.45) is 0. The number of rotatable bonds is 5. The molecule has 2 aromatic rings. The van der Waals surface area contributed by atoms with E-state index in [9.17, 15) is 19.7 Å². The molecule has 0 fully saturated rings. The Morgan fingerprint density at radius 1 is 1.15 bits per heavy atom. The van der Waals surface area contributed by atoms with E-state index in [0.717, 1.165) is 0 Å². The fourth-order valence-corrected chi connectivity index (χ4v) is 3.26. The number of thioether (sulfide) groups is 1. The number of nitro groups is 1. The summed E-state index contributed by atoms with van der Waals surface area (Å²) in [6, 6.07) is 8.83. The predicted molar refractivity (Wildman–Crippen MR) is 101 cm³/mol. The highest BCUT2D eigenvalue weighted by atomic mass is 35.5. The highest BCUT2D eigenvalue weighted by molar-refractivity contribution is 8.00. The number of nitrogens with zero attached hydrogens (tertiary/aromatic N) is 1. The molecule has 0 aromatic heterocycles. The summed E-state index contributed by atoms with van der Waals surface area (Å²) in [7, 11) is 0. The molecule has 10 heteroatoms. The van der Waals surface area contributed by atoms with Crippen LogP contribution in [0.3, 0.4) is 0 Å². The van der Waals surface area contributed by atoms with Crippen molar-refractivity contribution in [2.24, 2.45) is 0 Å². The topological polar surface area (TPSA) is 101 Å². The summed E-state index contributed by atoms with van der Waals surface area (Å²) in [4.78, 5) is 34.8. The highest BCUT2D eigenvalue weighted by Crippen LogP contribution is 2.29. The van der Waals surface area contributed by atoms with Gasteiger partial charge in [0.15, 0.2) is 0 Å². The van der Waals surface area contributed by atoms with Crippen LogP contribution in [0.25, 0.3) is 0 Å². The number of carbonyl (C=O) groups is 2. The first-order chi connectivity index (χ1) is 12.3. The van der Waals surface area contributed by atoms with Crippen LogP contribution in [0.1, 0.15) is 15.9 Å². The van der Waals surface area contributed by atoms with Crippen molar-refractivity contribution in [3.8, 4) is 0 Å². The van der Waals surface area contributed by atoms with Gasteiger partial charge in [-0.1, -0.05) is 23.2 Å². The van der Waals surface area contributed by atoms with Gasteiger partial charge >= 0.3 is 0 Å². The Labute approximate surface area is 163 Å². The van der Waals surface area contributed by atoms with Crippen molar-refractivity contribution in [3.05, 3.63) is 67.7 Å². The zero-order valence-electron chi connectivity index (χ0n) is 13.4. The number of hydrogen-bond donors (Lipinski definition) is 2. The Balaban J connectivity index is 1.88. The van der Waals surface area contributed by atoms with Crippen molar-refractivity contribution in [1.29, 1.82) is 0 Å².